The molecule has 0 heterocycles. The van der Waals surface area contributed by atoms with E-state index in [1.165, 1.54) is 36.7 Å². The van der Waals surface area contributed by atoms with Crippen molar-refractivity contribution >= 4 is 55.7 Å². The number of carbonyl (C=O) groups is 1. The van der Waals surface area contributed by atoms with Gasteiger partial charge in [0.1, 0.15) is 20.0 Å². The zero-order valence-electron chi connectivity index (χ0n) is 35.2. The van der Waals surface area contributed by atoms with E-state index in [1.54, 1.807) is 141 Å². The number of nitrogens with zero attached hydrogens (tertiary/aromatic N) is 5. The maximum absolute atomic E-state index is 12.6. The molecule has 6 aromatic rings. The molecule has 0 unspecified atom stereocenters. The van der Waals surface area contributed by atoms with Gasteiger partial charge in [0.05, 0.1) is 22.2 Å². The van der Waals surface area contributed by atoms with Crippen molar-refractivity contribution in [1.29, 1.82) is 0 Å². The van der Waals surface area contributed by atoms with Crippen LogP contribution in [0.15, 0.2) is 183 Å². The molecule has 343 valence electrons. The van der Waals surface area contributed by atoms with E-state index in [0.717, 1.165) is 11.1 Å². The van der Waals surface area contributed by atoms with Crippen molar-refractivity contribution in [3.05, 3.63) is 201 Å². The molecule has 5 N–H and O–H groups in total. The van der Waals surface area contributed by atoms with Gasteiger partial charge in [0.25, 0.3) is 5.91 Å². The molecule has 0 aliphatic heterocycles. The molecule has 0 spiro atoms. The summed E-state index contributed by atoms with van der Waals surface area (Å²) in [5.74, 6) is -0.850. The van der Waals surface area contributed by atoms with E-state index < -0.39 is 25.9 Å². The molecular weight excluding hydrogens is 1020 g/mol. The monoisotopic (exact) mass is 1070 g/mol. The second-order valence-corrected chi connectivity index (χ2v) is 15.8. The van der Waals surface area contributed by atoms with Gasteiger partial charge in [-0.1, -0.05) is 132 Å². The van der Waals surface area contributed by atoms with E-state index in [-0.39, 0.29) is 92.7 Å². The summed E-state index contributed by atoms with van der Waals surface area (Å²) in [7, 11) is -7.73. The molecular formula is C46H49N6O9S2Yb. The second kappa shape index (κ2) is 29.8. The van der Waals surface area contributed by atoms with Crippen molar-refractivity contribution < 1.29 is 89.3 Å². The number of aliphatic hydroxyl groups excluding tert-OH is 2. The molecule has 0 saturated carbocycles. The number of nitrogens with one attached hydrogen (secondary N) is 1. The molecule has 0 bridgehead atoms. The SMILES string of the molecule is CCO.CCO.Cc1ccc(S(=O)(=O)[N-]c2ccccc2/C=N/N=C(\[O-])c2ccccc2)cc1.Cc1ccc(S(=O)(=O)[N-]c2ccccc2/C=N/NC(=O)c2ccccc2)cc1.O.[Yb+3]. The van der Waals surface area contributed by atoms with E-state index in [9.17, 15) is 26.7 Å². The van der Waals surface area contributed by atoms with Crippen LogP contribution in [0.3, 0.4) is 0 Å². The minimum Gasteiger partial charge on any atom is -0.857 e. The molecule has 1 amide bonds. The molecule has 0 fully saturated rings. The van der Waals surface area contributed by atoms with Crippen LogP contribution in [-0.2, 0) is 20.0 Å². The standard InChI is InChI=1S/C21H19N3O3S.C21H18N3O3S.2C2H6O.H2O.Yb/c2*1-16-11-13-19(14-12-16)28(26,27)24-20-10-6-5-9-18(20)15-22-23-21(25)17-7-3-2-4-8-17;2*1-2-3;;/h2-15H,1H3,(H2,22,23,24,25);2-15H,1H3,(H-,22,23,24,25);2*3H,2H2,1H3;1H2;/q;-1;;;;+3/p-2. The van der Waals surface area contributed by atoms with Crippen LogP contribution in [0.1, 0.15) is 52.0 Å². The van der Waals surface area contributed by atoms with Crippen molar-refractivity contribution in [3.63, 3.8) is 0 Å². The Labute approximate surface area is 413 Å². The third-order valence-corrected chi connectivity index (χ3v) is 10.3. The third-order valence-electron chi connectivity index (χ3n) is 7.72. The Morgan fingerprint density at radius 1 is 0.594 bits per heavy atom. The Morgan fingerprint density at radius 2 is 0.953 bits per heavy atom. The predicted octanol–water partition coefficient (Wildman–Crippen LogP) is 6.86. The van der Waals surface area contributed by atoms with Gasteiger partial charge < -0.3 is 30.2 Å². The molecule has 64 heavy (non-hydrogen) atoms. The topological polar surface area (TPSA) is 258 Å². The molecule has 0 aromatic heterocycles. The van der Waals surface area contributed by atoms with Gasteiger partial charge in [0, 0.05) is 24.7 Å². The van der Waals surface area contributed by atoms with Gasteiger partial charge in [-0.15, -0.1) is 11.4 Å². The van der Waals surface area contributed by atoms with Gasteiger partial charge in [-0.2, -0.15) is 15.3 Å². The van der Waals surface area contributed by atoms with Crippen molar-refractivity contribution in [1.82, 2.24) is 5.43 Å². The van der Waals surface area contributed by atoms with Crippen LogP contribution in [0.2, 0.25) is 0 Å². The Hall–Kier alpha value is -5.50. The number of benzene rings is 6. The molecule has 15 nitrogen and oxygen atoms in total. The summed E-state index contributed by atoms with van der Waals surface area (Å²) in [6.45, 7) is 7.61. The number of rotatable bonds is 12. The fraction of sp³-hybridized carbons (Fsp3) is 0.130. The Bertz CT molecular complexity index is 2620. The smallest absolute Gasteiger partial charge is 0.857 e. The van der Waals surface area contributed by atoms with E-state index in [1.807, 2.05) is 19.9 Å². The van der Waals surface area contributed by atoms with E-state index >= 15 is 0 Å². The summed E-state index contributed by atoms with van der Waals surface area (Å²) in [6.07, 6.45) is 2.68. The van der Waals surface area contributed by atoms with Crippen LogP contribution < -0.4 is 10.5 Å². The molecule has 0 aliphatic carbocycles. The van der Waals surface area contributed by atoms with Crippen molar-refractivity contribution in [3.8, 4) is 0 Å². The first-order valence-corrected chi connectivity index (χ1v) is 21.8. The molecule has 1 radical (unpaired) electrons. The van der Waals surface area contributed by atoms with Crippen LogP contribution in [-0.4, -0.2) is 70.0 Å². The number of hydrogen-bond acceptors (Lipinski definition) is 11. The number of amides is 1. The fourth-order valence-electron chi connectivity index (χ4n) is 4.74. The van der Waals surface area contributed by atoms with Gasteiger partial charge in [0.15, 0.2) is 0 Å². The van der Waals surface area contributed by atoms with E-state index in [0.29, 0.717) is 22.3 Å². The van der Waals surface area contributed by atoms with Crippen LogP contribution in [0.4, 0.5) is 11.4 Å². The zero-order chi connectivity index (χ0) is 45.4. The Balaban J connectivity index is 0.000000554. The molecule has 0 saturated heterocycles. The molecule has 6 rings (SSSR count). The quantitative estimate of drug-likeness (QED) is 0.0661. The number of hydrazone groups is 1. The van der Waals surface area contributed by atoms with E-state index in [4.69, 9.17) is 10.2 Å². The number of aryl methyl sites for hydroxylation is 2. The first kappa shape index (κ1) is 56.5. The van der Waals surface area contributed by atoms with Gasteiger partial charge >= 0.3 is 46.9 Å². The van der Waals surface area contributed by atoms with Gasteiger partial charge in [0.2, 0.25) is 0 Å². The summed E-state index contributed by atoms with van der Waals surface area (Å²) in [5, 5.41) is 38.4. The number of sulfonamides is 2. The number of aliphatic hydroxyl groups is 2. The minimum atomic E-state index is -3.87. The molecule has 0 aliphatic rings. The second-order valence-electron chi connectivity index (χ2n) is 12.6. The fourth-order valence-corrected chi connectivity index (χ4v) is 6.76. The van der Waals surface area contributed by atoms with Crippen LogP contribution >= 0.6 is 0 Å². The predicted molar refractivity (Wildman–Crippen MR) is 247 cm³/mol. The molecule has 0 atom stereocenters. The summed E-state index contributed by atoms with van der Waals surface area (Å²) < 4.78 is 58.0. The van der Waals surface area contributed by atoms with Gasteiger partial charge in [-0.25, -0.2) is 22.3 Å². The maximum atomic E-state index is 12.6. The first-order valence-electron chi connectivity index (χ1n) is 19.0. The summed E-state index contributed by atoms with van der Waals surface area (Å²) in [4.78, 5) is 12.2. The van der Waals surface area contributed by atoms with Gasteiger partial charge in [-0.05, 0) is 80.8 Å². The van der Waals surface area contributed by atoms with Crippen molar-refractivity contribution in [2.75, 3.05) is 13.2 Å². The van der Waals surface area contributed by atoms with Crippen LogP contribution in [0.5, 0.6) is 0 Å². The van der Waals surface area contributed by atoms with Crippen LogP contribution in [0, 0.1) is 60.8 Å². The largest absolute Gasteiger partial charge is 3.00 e. The van der Waals surface area contributed by atoms with E-state index in [2.05, 4.69) is 30.2 Å². The number of carbonyl (C=O) groups excluding carboxylic acids is 1. The summed E-state index contributed by atoms with van der Waals surface area (Å²) in [5.41, 5.74) is 6.57. The van der Waals surface area contributed by atoms with Gasteiger partial charge in [-0.3, -0.25) is 4.79 Å². The Morgan fingerprint density at radius 3 is 1.38 bits per heavy atom. The summed E-state index contributed by atoms with van der Waals surface area (Å²) >= 11 is 0. The minimum absolute atomic E-state index is 0. The van der Waals surface area contributed by atoms with Crippen molar-refractivity contribution in [2.45, 2.75) is 37.5 Å². The molecule has 6 aromatic carbocycles. The van der Waals surface area contributed by atoms with Crippen molar-refractivity contribution in [2.24, 2.45) is 15.3 Å². The maximum Gasteiger partial charge on any atom is 3.00 e. The average Bonchev–Trinajstić information content (AvgIpc) is 3.26. The Kier molecular flexibility index (Phi) is 26.3. The first-order chi connectivity index (χ1) is 29.7. The third kappa shape index (κ3) is 19.5. The summed E-state index contributed by atoms with van der Waals surface area (Å²) in [6, 6.07) is 43.4. The number of hydrogen-bond donors (Lipinski definition) is 3. The average molecular weight is 1070 g/mol. The van der Waals surface area contributed by atoms with Crippen LogP contribution in [0.25, 0.3) is 9.44 Å². The molecule has 18 heteroatoms. The zero-order valence-corrected chi connectivity index (χ0v) is 38.6. The normalized spacial score (nSPS) is 10.9.